The molecule has 1 aliphatic rings. The molecule has 2 amide bonds. The Morgan fingerprint density at radius 3 is 2.81 bits per heavy atom. The molecule has 0 aromatic carbocycles. The molecule has 7 heteroatoms. The van der Waals surface area contributed by atoms with Gasteiger partial charge in [0.1, 0.15) is 6.61 Å². The molecule has 114 valence electrons. The van der Waals surface area contributed by atoms with E-state index >= 15 is 0 Å². The van der Waals surface area contributed by atoms with Gasteiger partial charge in [0.15, 0.2) is 0 Å². The van der Waals surface area contributed by atoms with E-state index < -0.39 is 6.09 Å². The van der Waals surface area contributed by atoms with Crippen LogP contribution >= 0.6 is 11.6 Å². The van der Waals surface area contributed by atoms with E-state index in [0.717, 1.165) is 0 Å². The van der Waals surface area contributed by atoms with Crippen molar-refractivity contribution in [1.82, 2.24) is 15.2 Å². The van der Waals surface area contributed by atoms with Crippen LogP contribution in [0, 0.1) is 0 Å². The van der Waals surface area contributed by atoms with Gasteiger partial charge in [0.25, 0.3) is 5.91 Å². The molecule has 1 N–H and O–H groups in total. The number of ether oxygens (including phenoxy) is 1. The van der Waals surface area contributed by atoms with Crippen molar-refractivity contribution in [2.45, 2.75) is 18.9 Å². The first-order chi connectivity index (χ1) is 10.2. The molecule has 1 saturated heterocycles. The first-order valence-corrected chi connectivity index (χ1v) is 7.42. The number of carbonyl (C=O) groups is 2. The average Bonchev–Trinajstić information content (AvgIpc) is 2.54. The van der Waals surface area contributed by atoms with E-state index in [1.54, 1.807) is 29.4 Å². The fourth-order valence-electron chi connectivity index (χ4n) is 2.24. The Morgan fingerprint density at radius 1 is 1.43 bits per heavy atom. The number of carbonyl (C=O) groups excluding carboxylic acids is 2. The van der Waals surface area contributed by atoms with Gasteiger partial charge in [-0.1, -0.05) is 0 Å². The second kappa shape index (κ2) is 7.83. The fourth-order valence-corrected chi connectivity index (χ4v) is 2.32. The number of rotatable bonds is 4. The van der Waals surface area contributed by atoms with Gasteiger partial charge in [0.05, 0.1) is 11.4 Å². The largest absolute Gasteiger partial charge is 0.448 e. The van der Waals surface area contributed by atoms with Crippen molar-refractivity contribution in [3.05, 3.63) is 30.1 Å². The summed E-state index contributed by atoms with van der Waals surface area (Å²) in [4.78, 5) is 29.4. The lowest BCUT2D eigenvalue weighted by Gasteiger charge is -2.32. The smallest absolute Gasteiger partial charge is 0.407 e. The minimum atomic E-state index is -0.451. The van der Waals surface area contributed by atoms with Crippen molar-refractivity contribution in [2.75, 3.05) is 25.6 Å². The maximum atomic E-state index is 12.2. The zero-order valence-corrected chi connectivity index (χ0v) is 12.4. The molecule has 6 nitrogen and oxygen atoms in total. The molecule has 1 aromatic rings. The molecular formula is C14H18ClN3O3. The minimum Gasteiger partial charge on any atom is -0.448 e. The highest BCUT2D eigenvalue weighted by atomic mass is 35.5. The Labute approximate surface area is 128 Å². The van der Waals surface area contributed by atoms with Crippen molar-refractivity contribution < 1.29 is 14.3 Å². The maximum absolute atomic E-state index is 12.2. The SMILES string of the molecule is O=C(NC1CCN(C(=O)c2cccnc2)CC1)OCCCl. The second-order valence-electron chi connectivity index (χ2n) is 4.78. The molecule has 1 aromatic heterocycles. The number of piperidine rings is 1. The van der Waals surface area contributed by atoms with Crippen molar-refractivity contribution in [3.63, 3.8) is 0 Å². The summed E-state index contributed by atoms with van der Waals surface area (Å²) < 4.78 is 4.87. The summed E-state index contributed by atoms with van der Waals surface area (Å²) >= 11 is 5.45. The number of halogens is 1. The summed E-state index contributed by atoms with van der Waals surface area (Å²) in [6.45, 7) is 1.41. The lowest BCUT2D eigenvalue weighted by Crippen LogP contribution is -2.46. The van der Waals surface area contributed by atoms with Gasteiger partial charge in [-0.2, -0.15) is 0 Å². The van der Waals surface area contributed by atoms with Crippen LogP contribution in [0.25, 0.3) is 0 Å². The average molecular weight is 312 g/mol. The fraction of sp³-hybridized carbons (Fsp3) is 0.500. The number of hydrogen-bond acceptors (Lipinski definition) is 4. The molecule has 0 spiro atoms. The molecule has 1 fully saturated rings. The molecule has 0 aliphatic carbocycles. The van der Waals surface area contributed by atoms with Crippen LogP contribution in [0.1, 0.15) is 23.2 Å². The molecule has 0 saturated carbocycles. The van der Waals surface area contributed by atoms with Crippen LogP contribution in [-0.2, 0) is 4.74 Å². The van der Waals surface area contributed by atoms with Gasteiger partial charge in [-0.05, 0) is 25.0 Å². The summed E-state index contributed by atoms with van der Waals surface area (Å²) in [6, 6.07) is 3.53. The normalized spacial score (nSPS) is 15.6. The van der Waals surface area contributed by atoms with Gasteiger partial charge in [0.2, 0.25) is 0 Å². The Bertz CT molecular complexity index is 476. The molecular weight excluding hydrogens is 294 g/mol. The molecule has 0 unspecified atom stereocenters. The van der Waals surface area contributed by atoms with Crippen molar-refractivity contribution in [2.24, 2.45) is 0 Å². The summed E-state index contributed by atoms with van der Waals surface area (Å²) in [5.41, 5.74) is 0.588. The standard InChI is InChI=1S/C14H18ClN3O3/c15-5-9-21-14(20)17-12-3-7-18(8-4-12)13(19)11-2-1-6-16-10-11/h1-2,6,10,12H,3-5,7-9H2,(H,17,20). The van der Waals surface area contributed by atoms with Crippen LogP contribution in [0.2, 0.25) is 0 Å². The molecule has 0 bridgehead atoms. The Balaban J connectivity index is 1.78. The van der Waals surface area contributed by atoms with Gasteiger partial charge < -0.3 is 15.0 Å². The highest BCUT2D eigenvalue weighted by Crippen LogP contribution is 2.13. The first-order valence-electron chi connectivity index (χ1n) is 6.89. The van der Waals surface area contributed by atoms with Crippen molar-refractivity contribution >= 4 is 23.6 Å². The Hall–Kier alpha value is -1.82. The van der Waals surface area contributed by atoms with Crippen LogP contribution in [-0.4, -0.2) is 53.5 Å². The Morgan fingerprint density at radius 2 is 2.19 bits per heavy atom. The summed E-state index contributed by atoms with van der Waals surface area (Å²) in [7, 11) is 0. The van der Waals surface area contributed by atoms with Crippen molar-refractivity contribution in [1.29, 1.82) is 0 Å². The lowest BCUT2D eigenvalue weighted by atomic mass is 10.0. The van der Waals surface area contributed by atoms with Gasteiger partial charge in [-0.15, -0.1) is 11.6 Å². The van der Waals surface area contributed by atoms with Crippen LogP contribution in [0.3, 0.4) is 0 Å². The topological polar surface area (TPSA) is 71.5 Å². The highest BCUT2D eigenvalue weighted by molar-refractivity contribution is 6.18. The first kappa shape index (κ1) is 15.6. The third-order valence-corrected chi connectivity index (χ3v) is 3.48. The highest BCUT2D eigenvalue weighted by Gasteiger charge is 2.24. The number of nitrogens with one attached hydrogen (secondary N) is 1. The molecule has 0 radical (unpaired) electrons. The number of hydrogen-bond donors (Lipinski definition) is 1. The molecule has 1 aliphatic heterocycles. The number of alkyl halides is 1. The molecule has 0 atom stereocenters. The number of alkyl carbamates (subject to hydrolysis) is 1. The zero-order chi connectivity index (χ0) is 15.1. The third kappa shape index (κ3) is 4.60. The summed E-state index contributed by atoms with van der Waals surface area (Å²) in [5, 5.41) is 2.78. The third-order valence-electron chi connectivity index (χ3n) is 3.32. The van der Waals surface area contributed by atoms with Gasteiger partial charge in [0, 0.05) is 31.5 Å². The van der Waals surface area contributed by atoms with E-state index in [0.29, 0.717) is 31.5 Å². The number of nitrogens with zero attached hydrogens (tertiary/aromatic N) is 2. The number of likely N-dealkylation sites (tertiary alicyclic amines) is 1. The number of pyridine rings is 1. The van der Waals surface area contributed by atoms with E-state index in [1.165, 1.54) is 0 Å². The van der Waals surface area contributed by atoms with Gasteiger partial charge in [-0.25, -0.2) is 4.79 Å². The van der Waals surface area contributed by atoms with E-state index in [-0.39, 0.29) is 24.4 Å². The number of amides is 2. The summed E-state index contributed by atoms with van der Waals surface area (Å²) in [6.07, 6.45) is 4.17. The minimum absolute atomic E-state index is 0.0220. The molecule has 2 heterocycles. The van der Waals surface area contributed by atoms with Crippen LogP contribution in [0.15, 0.2) is 24.5 Å². The van der Waals surface area contributed by atoms with E-state index in [9.17, 15) is 9.59 Å². The predicted molar refractivity (Wildman–Crippen MR) is 78.4 cm³/mol. The lowest BCUT2D eigenvalue weighted by molar-refractivity contribution is 0.0702. The van der Waals surface area contributed by atoms with Crippen molar-refractivity contribution in [3.8, 4) is 0 Å². The maximum Gasteiger partial charge on any atom is 0.407 e. The van der Waals surface area contributed by atoms with E-state index in [2.05, 4.69) is 10.3 Å². The van der Waals surface area contributed by atoms with E-state index in [4.69, 9.17) is 16.3 Å². The Kier molecular flexibility index (Phi) is 5.80. The molecule has 2 rings (SSSR count). The van der Waals surface area contributed by atoms with E-state index in [1.807, 2.05) is 0 Å². The van der Waals surface area contributed by atoms with Gasteiger partial charge >= 0.3 is 6.09 Å². The second-order valence-corrected chi connectivity index (χ2v) is 5.16. The quantitative estimate of drug-likeness (QED) is 0.858. The molecule has 21 heavy (non-hydrogen) atoms. The number of aromatic nitrogens is 1. The van der Waals surface area contributed by atoms with Crippen LogP contribution < -0.4 is 5.32 Å². The predicted octanol–water partition coefficient (Wildman–Crippen LogP) is 1.65. The van der Waals surface area contributed by atoms with Crippen LogP contribution in [0.4, 0.5) is 4.79 Å². The summed E-state index contributed by atoms with van der Waals surface area (Å²) in [5.74, 6) is 0.261. The van der Waals surface area contributed by atoms with Crippen LogP contribution in [0.5, 0.6) is 0 Å². The zero-order valence-electron chi connectivity index (χ0n) is 11.6. The monoisotopic (exact) mass is 311 g/mol. The van der Waals surface area contributed by atoms with Gasteiger partial charge in [-0.3, -0.25) is 9.78 Å².